The van der Waals surface area contributed by atoms with Crippen LogP contribution in [0.5, 0.6) is 0 Å². The van der Waals surface area contributed by atoms with Crippen LogP contribution in [0.1, 0.15) is 37.7 Å². The molecule has 15 heavy (non-hydrogen) atoms. The summed E-state index contributed by atoms with van der Waals surface area (Å²) in [6, 6.07) is 10.7. The lowest BCUT2D eigenvalue weighted by Gasteiger charge is -2.40. The first kappa shape index (κ1) is 10.7. The van der Waals surface area contributed by atoms with Gasteiger partial charge in [0.2, 0.25) is 0 Å². The Morgan fingerprint density at radius 2 is 1.87 bits per heavy atom. The topological polar surface area (TPSA) is 52.0 Å². The van der Waals surface area contributed by atoms with Crippen molar-refractivity contribution in [2.24, 2.45) is 17.4 Å². The van der Waals surface area contributed by atoms with E-state index in [9.17, 15) is 0 Å². The monoisotopic (exact) mass is 204 g/mol. The van der Waals surface area contributed by atoms with E-state index in [4.69, 9.17) is 11.5 Å². The van der Waals surface area contributed by atoms with Crippen molar-refractivity contribution < 1.29 is 0 Å². The first-order chi connectivity index (χ1) is 7.09. The number of hydrogen-bond donors (Lipinski definition) is 2. The molecule has 1 fully saturated rings. The summed E-state index contributed by atoms with van der Waals surface area (Å²) < 4.78 is 0. The highest BCUT2D eigenvalue weighted by molar-refractivity contribution is 5.20. The second-order valence-corrected chi connectivity index (χ2v) is 4.90. The van der Waals surface area contributed by atoms with Gasteiger partial charge in [0.1, 0.15) is 0 Å². The smallest absolute Gasteiger partial charge is 0.0663 e. The van der Waals surface area contributed by atoms with Crippen LogP contribution in [-0.4, -0.2) is 5.66 Å². The molecule has 2 atom stereocenters. The van der Waals surface area contributed by atoms with Crippen LogP contribution < -0.4 is 11.5 Å². The van der Waals surface area contributed by atoms with Crippen LogP contribution >= 0.6 is 0 Å². The van der Waals surface area contributed by atoms with Crippen LogP contribution in [0.3, 0.4) is 0 Å². The predicted octanol–water partition coefficient (Wildman–Crippen LogP) is 2.20. The maximum Gasteiger partial charge on any atom is 0.0663 e. The van der Waals surface area contributed by atoms with Gasteiger partial charge in [-0.2, -0.15) is 0 Å². The molecule has 0 radical (unpaired) electrons. The zero-order valence-electron chi connectivity index (χ0n) is 9.32. The van der Waals surface area contributed by atoms with Crippen LogP contribution in [0, 0.1) is 5.92 Å². The second-order valence-electron chi connectivity index (χ2n) is 4.90. The van der Waals surface area contributed by atoms with Crippen molar-refractivity contribution in [1.82, 2.24) is 0 Å². The summed E-state index contributed by atoms with van der Waals surface area (Å²) in [6.07, 6.45) is 3.14. The van der Waals surface area contributed by atoms with Crippen LogP contribution in [0.4, 0.5) is 0 Å². The Labute approximate surface area is 91.7 Å². The summed E-state index contributed by atoms with van der Waals surface area (Å²) in [4.78, 5) is 0. The third kappa shape index (κ3) is 2.21. The van der Waals surface area contributed by atoms with E-state index in [0.717, 1.165) is 19.3 Å². The number of benzene rings is 1. The minimum absolute atomic E-state index is 0.399. The average molecular weight is 204 g/mol. The first-order valence-electron chi connectivity index (χ1n) is 5.72. The molecule has 0 saturated heterocycles. The van der Waals surface area contributed by atoms with Crippen LogP contribution in [-0.2, 0) is 0 Å². The highest BCUT2D eigenvalue weighted by Crippen LogP contribution is 2.38. The fourth-order valence-electron chi connectivity index (χ4n) is 2.46. The van der Waals surface area contributed by atoms with E-state index in [1.54, 1.807) is 0 Å². The van der Waals surface area contributed by atoms with Gasteiger partial charge in [0.15, 0.2) is 0 Å². The summed E-state index contributed by atoms with van der Waals surface area (Å²) in [7, 11) is 0. The standard InChI is InChI=1S/C13H20N2/c1-10-9-12(7-8-13(10,14)15)11-5-3-2-4-6-11/h2-6,10,12H,7-9,14-15H2,1H3/t10-,12?/m1/s1. The van der Waals surface area contributed by atoms with Gasteiger partial charge in [-0.05, 0) is 36.7 Å². The molecule has 0 aromatic heterocycles. The van der Waals surface area contributed by atoms with Gasteiger partial charge in [0, 0.05) is 0 Å². The molecule has 82 valence electrons. The zero-order chi connectivity index (χ0) is 10.9. The molecule has 0 amide bonds. The van der Waals surface area contributed by atoms with Gasteiger partial charge in [-0.15, -0.1) is 0 Å². The fraction of sp³-hybridized carbons (Fsp3) is 0.538. The molecule has 1 aromatic carbocycles. The molecule has 2 heteroatoms. The first-order valence-corrected chi connectivity index (χ1v) is 5.72. The molecule has 1 aliphatic carbocycles. The van der Waals surface area contributed by atoms with E-state index in [2.05, 4.69) is 37.3 Å². The van der Waals surface area contributed by atoms with Crippen LogP contribution in [0.15, 0.2) is 30.3 Å². The molecular formula is C13H20N2. The largest absolute Gasteiger partial charge is 0.313 e. The van der Waals surface area contributed by atoms with Crippen LogP contribution in [0.25, 0.3) is 0 Å². The fourth-order valence-corrected chi connectivity index (χ4v) is 2.46. The summed E-state index contributed by atoms with van der Waals surface area (Å²) >= 11 is 0. The van der Waals surface area contributed by atoms with Gasteiger partial charge in [-0.3, -0.25) is 0 Å². The van der Waals surface area contributed by atoms with Crippen molar-refractivity contribution in [3.05, 3.63) is 35.9 Å². The molecule has 1 saturated carbocycles. The predicted molar refractivity (Wildman–Crippen MR) is 63.3 cm³/mol. The highest BCUT2D eigenvalue weighted by Gasteiger charge is 2.34. The quantitative estimate of drug-likeness (QED) is 0.689. The van der Waals surface area contributed by atoms with Crippen molar-refractivity contribution in [2.45, 2.75) is 37.8 Å². The number of hydrogen-bond acceptors (Lipinski definition) is 2. The molecule has 1 unspecified atom stereocenters. The van der Waals surface area contributed by atoms with Gasteiger partial charge in [-0.25, -0.2) is 0 Å². The maximum atomic E-state index is 6.04. The van der Waals surface area contributed by atoms with Crippen molar-refractivity contribution in [3.63, 3.8) is 0 Å². The molecule has 0 spiro atoms. The van der Waals surface area contributed by atoms with E-state index in [1.165, 1.54) is 5.56 Å². The lowest BCUT2D eigenvalue weighted by molar-refractivity contribution is 0.193. The number of rotatable bonds is 1. The van der Waals surface area contributed by atoms with Gasteiger partial charge < -0.3 is 11.5 Å². The molecule has 1 aliphatic rings. The van der Waals surface area contributed by atoms with E-state index < -0.39 is 5.66 Å². The van der Waals surface area contributed by atoms with Crippen molar-refractivity contribution in [2.75, 3.05) is 0 Å². The maximum absolute atomic E-state index is 6.04. The van der Waals surface area contributed by atoms with Gasteiger partial charge in [0.25, 0.3) is 0 Å². The Bertz CT molecular complexity index is 319. The van der Waals surface area contributed by atoms with Gasteiger partial charge in [0.05, 0.1) is 5.66 Å². The minimum Gasteiger partial charge on any atom is -0.313 e. The molecule has 1 aromatic rings. The lowest BCUT2D eigenvalue weighted by Crippen LogP contribution is -2.57. The van der Waals surface area contributed by atoms with E-state index in [0.29, 0.717) is 11.8 Å². The molecule has 0 bridgehead atoms. The second kappa shape index (κ2) is 3.95. The molecule has 0 aliphatic heterocycles. The third-order valence-electron chi connectivity index (χ3n) is 3.75. The summed E-state index contributed by atoms with van der Waals surface area (Å²) in [5.74, 6) is 1.04. The zero-order valence-corrected chi connectivity index (χ0v) is 9.32. The normalized spacial score (nSPS) is 30.1. The summed E-state index contributed by atoms with van der Waals surface area (Å²) in [5.41, 5.74) is 13.1. The average Bonchev–Trinajstić information content (AvgIpc) is 2.23. The third-order valence-corrected chi connectivity index (χ3v) is 3.75. The summed E-state index contributed by atoms with van der Waals surface area (Å²) in [6.45, 7) is 2.16. The number of nitrogens with two attached hydrogens (primary N) is 2. The SMILES string of the molecule is C[C@@H]1CC(c2ccccc2)CCC1(N)N. The van der Waals surface area contributed by atoms with E-state index >= 15 is 0 Å². The Morgan fingerprint density at radius 3 is 2.47 bits per heavy atom. The molecular weight excluding hydrogens is 184 g/mol. The minimum atomic E-state index is -0.453. The highest BCUT2D eigenvalue weighted by atomic mass is 15.0. The van der Waals surface area contributed by atoms with E-state index in [-0.39, 0.29) is 0 Å². The lowest BCUT2D eigenvalue weighted by atomic mass is 9.73. The van der Waals surface area contributed by atoms with Gasteiger partial charge >= 0.3 is 0 Å². The Morgan fingerprint density at radius 1 is 1.20 bits per heavy atom. The Kier molecular flexibility index (Phi) is 2.81. The van der Waals surface area contributed by atoms with E-state index in [1.807, 2.05) is 0 Å². The Balaban J connectivity index is 2.10. The molecule has 0 heterocycles. The van der Waals surface area contributed by atoms with Crippen molar-refractivity contribution in [1.29, 1.82) is 0 Å². The van der Waals surface area contributed by atoms with Gasteiger partial charge in [-0.1, -0.05) is 37.3 Å². The van der Waals surface area contributed by atoms with Crippen molar-refractivity contribution in [3.8, 4) is 0 Å². The molecule has 4 N–H and O–H groups in total. The summed E-state index contributed by atoms with van der Waals surface area (Å²) in [5, 5.41) is 0. The molecule has 2 rings (SSSR count). The van der Waals surface area contributed by atoms with Crippen LogP contribution in [0.2, 0.25) is 0 Å². The Hall–Kier alpha value is -0.860. The molecule has 2 nitrogen and oxygen atoms in total. The van der Waals surface area contributed by atoms with Crippen molar-refractivity contribution >= 4 is 0 Å².